The SMILES string of the molecule is Cc1ccc(C(=O)Nc2ccc(OCCN3CCCC3)c(C(F)(F)F)c2)cc1C#Cc1nnc2cccc(C)n12. The highest BCUT2D eigenvalue weighted by atomic mass is 19.4. The fourth-order valence-corrected chi connectivity index (χ4v) is 4.65. The number of rotatable bonds is 6. The number of hydrogen-bond donors (Lipinski definition) is 1. The van der Waals surface area contributed by atoms with Crippen LogP contribution in [0, 0.1) is 25.7 Å². The number of benzene rings is 2. The van der Waals surface area contributed by atoms with Crippen molar-refractivity contribution in [3.63, 3.8) is 0 Å². The number of alkyl halides is 3. The van der Waals surface area contributed by atoms with Crippen LogP contribution in [-0.2, 0) is 6.18 Å². The molecular weight excluding hydrogens is 519 g/mol. The highest BCUT2D eigenvalue weighted by Gasteiger charge is 2.35. The first-order chi connectivity index (χ1) is 19.2. The van der Waals surface area contributed by atoms with Gasteiger partial charge in [0.2, 0.25) is 5.82 Å². The van der Waals surface area contributed by atoms with Crippen LogP contribution in [0.4, 0.5) is 18.9 Å². The zero-order valence-corrected chi connectivity index (χ0v) is 22.2. The van der Waals surface area contributed by atoms with Crippen LogP contribution in [0.25, 0.3) is 5.65 Å². The summed E-state index contributed by atoms with van der Waals surface area (Å²) < 4.78 is 48.7. The van der Waals surface area contributed by atoms with E-state index in [1.807, 2.05) is 36.4 Å². The van der Waals surface area contributed by atoms with E-state index in [0.29, 0.717) is 23.6 Å². The molecule has 1 N–H and O–H groups in total. The maximum Gasteiger partial charge on any atom is 0.420 e. The van der Waals surface area contributed by atoms with Crippen LogP contribution in [0.1, 0.15) is 51.4 Å². The van der Waals surface area contributed by atoms with Crippen LogP contribution >= 0.6 is 0 Å². The molecule has 4 aromatic rings. The number of pyridine rings is 1. The Morgan fingerprint density at radius 2 is 1.82 bits per heavy atom. The average Bonchev–Trinajstić information content (AvgIpc) is 3.59. The van der Waals surface area contributed by atoms with Crippen LogP contribution in [0.3, 0.4) is 0 Å². The second-order valence-electron chi connectivity index (χ2n) is 9.72. The van der Waals surface area contributed by atoms with Crippen LogP contribution in [0.15, 0.2) is 54.6 Å². The van der Waals surface area contributed by atoms with E-state index in [0.717, 1.165) is 43.3 Å². The van der Waals surface area contributed by atoms with Gasteiger partial charge in [0.25, 0.3) is 5.91 Å². The second-order valence-corrected chi connectivity index (χ2v) is 9.72. The van der Waals surface area contributed by atoms with Gasteiger partial charge in [-0.1, -0.05) is 18.1 Å². The number of nitrogens with zero attached hydrogens (tertiary/aromatic N) is 4. The summed E-state index contributed by atoms with van der Waals surface area (Å²) in [7, 11) is 0. The number of carbonyl (C=O) groups is 1. The van der Waals surface area contributed by atoms with E-state index in [9.17, 15) is 18.0 Å². The van der Waals surface area contributed by atoms with Gasteiger partial charge in [0, 0.05) is 29.1 Å². The van der Waals surface area contributed by atoms with Crippen molar-refractivity contribution in [2.45, 2.75) is 32.9 Å². The van der Waals surface area contributed by atoms with E-state index in [1.165, 1.54) is 12.1 Å². The topological polar surface area (TPSA) is 71.8 Å². The average molecular weight is 548 g/mol. The number of nitrogens with one attached hydrogen (secondary N) is 1. The lowest BCUT2D eigenvalue weighted by atomic mass is 10.0. The van der Waals surface area contributed by atoms with Gasteiger partial charge in [-0.05, 0) is 93.7 Å². The molecule has 1 aliphatic rings. The minimum atomic E-state index is -4.64. The number of anilines is 1. The number of halogens is 3. The number of aryl methyl sites for hydroxylation is 2. The molecule has 2 aromatic heterocycles. The van der Waals surface area contributed by atoms with Crippen molar-refractivity contribution in [3.8, 4) is 17.6 Å². The molecule has 5 rings (SSSR count). The zero-order valence-electron chi connectivity index (χ0n) is 22.2. The first-order valence-corrected chi connectivity index (χ1v) is 13.0. The molecule has 0 saturated carbocycles. The highest BCUT2D eigenvalue weighted by Crippen LogP contribution is 2.38. The molecule has 10 heteroatoms. The van der Waals surface area contributed by atoms with Gasteiger partial charge in [0.15, 0.2) is 5.65 Å². The second kappa shape index (κ2) is 11.4. The Morgan fingerprint density at radius 1 is 1.02 bits per heavy atom. The Balaban J connectivity index is 1.33. The smallest absolute Gasteiger partial charge is 0.420 e. The molecule has 0 atom stereocenters. The Hall–Kier alpha value is -4.36. The van der Waals surface area contributed by atoms with Crippen molar-refractivity contribution in [3.05, 3.63) is 88.4 Å². The van der Waals surface area contributed by atoms with Crippen molar-refractivity contribution >= 4 is 17.2 Å². The molecule has 7 nitrogen and oxygen atoms in total. The maximum absolute atomic E-state index is 13.8. The van der Waals surface area contributed by atoms with Gasteiger partial charge in [-0.2, -0.15) is 13.2 Å². The first-order valence-electron chi connectivity index (χ1n) is 13.0. The molecular formula is C30H28F3N5O2. The van der Waals surface area contributed by atoms with Crippen LogP contribution in [0.5, 0.6) is 5.75 Å². The molecule has 2 aromatic carbocycles. The summed E-state index contributed by atoms with van der Waals surface area (Å²) in [5.74, 6) is 5.71. The fraction of sp³-hybridized carbons (Fsp3) is 0.300. The van der Waals surface area contributed by atoms with Crippen LogP contribution in [-0.4, -0.2) is 51.6 Å². The summed E-state index contributed by atoms with van der Waals surface area (Å²) in [5, 5.41) is 10.8. The third kappa shape index (κ3) is 6.10. The van der Waals surface area contributed by atoms with Crippen molar-refractivity contribution in [2.75, 3.05) is 31.6 Å². The Morgan fingerprint density at radius 3 is 2.60 bits per heavy atom. The molecule has 1 amide bonds. The lowest BCUT2D eigenvalue weighted by molar-refractivity contribution is -0.138. The maximum atomic E-state index is 13.8. The summed E-state index contributed by atoms with van der Waals surface area (Å²) in [5.41, 5.74) is 2.38. The number of fused-ring (bicyclic) bond motifs is 1. The predicted molar refractivity (Wildman–Crippen MR) is 145 cm³/mol. The van der Waals surface area contributed by atoms with Gasteiger partial charge in [0.05, 0.1) is 5.56 Å². The van der Waals surface area contributed by atoms with E-state index in [2.05, 4.69) is 32.3 Å². The standard InChI is InChI=1S/C30H28F3N5O2/c1-20-8-9-23(18-22(20)10-13-28-36-35-27-7-5-6-21(2)38(27)28)29(39)34-24-11-12-26(25(19-24)30(31,32)33)40-17-16-37-14-3-4-15-37/h5-9,11-12,18-19H,3-4,14-17H2,1-2H3,(H,34,39). The van der Waals surface area contributed by atoms with Gasteiger partial charge in [-0.3, -0.25) is 14.1 Å². The molecule has 0 spiro atoms. The van der Waals surface area contributed by atoms with Crippen molar-refractivity contribution in [1.82, 2.24) is 19.5 Å². The molecule has 0 radical (unpaired) electrons. The molecule has 0 unspecified atom stereocenters. The number of amides is 1. The van der Waals surface area contributed by atoms with Gasteiger partial charge < -0.3 is 10.1 Å². The predicted octanol–water partition coefficient (Wildman–Crippen LogP) is 5.49. The van der Waals surface area contributed by atoms with Crippen LogP contribution < -0.4 is 10.1 Å². The minimum Gasteiger partial charge on any atom is -0.492 e. The van der Waals surface area contributed by atoms with Crippen molar-refractivity contribution in [1.29, 1.82) is 0 Å². The summed E-state index contributed by atoms with van der Waals surface area (Å²) in [6, 6.07) is 14.2. The Labute approximate surface area is 230 Å². The van der Waals surface area contributed by atoms with Gasteiger partial charge in [0.1, 0.15) is 12.4 Å². The normalized spacial score (nSPS) is 13.7. The number of aromatic nitrogens is 3. The molecule has 0 bridgehead atoms. The first kappa shape index (κ1) is 27.2. The lowest BCUT2D eigenvalue weighted by Crippen LogP contribution is -2.25. The number of hydrogen-bond acceptors (Lipinski definition) is 5. The number of likely N-dealkylation sites (tertiary alicyclic amines) is 1. The van der Waals surface area contributed by atoms with E-state index < -0.39 is 17.6 Å². The molecule has 40 heavy (non-hydrogen) atoms. The quantitative estimate of drug-likeness (QED) is 0.323. The third-order valence-electron chi connectivity index (χ3n) is 6.84. The van der Waals surface area contributed by atoms with Crippen molar-refractivity contribution in [2.24, 2.45) is 0 Å². The summed E-state index contributed by atoms with van der Waals surface area (Å²) >= 11 is 0. The Kier molecular flexibility index (Phi) is 7.76. The van der Waals surface area contributed by atoms with Gasteiger partial charge >= 0.3 is 6.18 Å². The van der Waals surface area contributed by atoms with Crippen LogP contribution in [0.2, 0.25) is 0 Å². The summed E-state index contributed by atoms with van der Waals surface area (Å²) in [6.07, 6.45) is -2.45. The molecule has 1 saturated heterocycles. The van der Waals surface area contributed by atoms with E-state index in [1.54, 1.807) is 18.2 Å². The highest BCUT2D eigenvalue weighted by molar-refractivity contribution is 6.04. The van der Waals surface area contributed by atoms with Crippen molar-refractivity contribution < 1.29 is 22.7 Å². The van der Waals surface area contributed by atoms with E-state index >= 15 is 0 Å². The molecule has 1 aliphatic heterocycles. The zero-order chi connectivity index (χ0) is 28.3. The minimum absolute atomic E-state index is 0.0165. The summed E-state index contributed by atoms with van der Waals surface area (Å²) in [6.45, 7) is 6.38. The largest absolute Gasteiger partial charge is 0.492 e. The molecule has 3 heterocycles. The lowest BCUT2D eigenvalue weighted by Gasteiger charge is -2.18. The third-order valence-corrected chi connectivity index (χ3v) is 6.84. The molecule has 0 aliphatic carbocycles. The Bertz CT molecular complexity index is 1610. The van der Waals surface area contributed by atoms with E-state index in [4.69, 9.17) is 4.74 Å². The van der Waals surface area contributed by atoms with Gasteiger partial charge in [-0.15, -0.1) is 10.2 Å². The fourth-order valence-electron chi connectivity index (χ4n) is 4.65. The number of ether oxygens (including phenoxy) is 1. The molecule has 206 valence electrons. The van der Waals surface area contributed by atoms with E-state index in [-0.39, 0.29) is 23.6 Å². The number of carbonyl (C=O) groups excluding carboxylic acids is 1. The monoisotopic (exact) mass is 547 g/mol. The summed E-state index contributed by atoms with van der Waals surface area (Å²) in [4.78, 5) is 15.2. The molecule has 1 fully saturated rings. The van der Waals surface area contributed by atoms with Gasteiger partial charge in [-0.25, -0.2) is 0 Å².